The number of hydrogen-bond donors (Lipinski definition) is 0. The molecule has 0 N–H and O–H groups in total. The van der Waals surface area contributed by atoms with Gasteiger partial charge in [-0.05, 0) is 40.6 Å². The zero-order chi connectivity index (χ0) is 13.1. The molecule has 0 saturated heterocycles. The smallest absolute Gasteiger partial charge is 0.128 e. The minimum Gasteiger partial charge on any atom is -0.457 e. The fourth-order valence-corrected chi connectivity index (χ4v) is 2.15. The molecule has 0 fully saturated rings. The first-order valence-electron chi connectivity index (χ1n) is 6.25. The van der Waals surface area contributed by atoms with Gasteiger partial charge in [0.05, 0.1) is 0 Å². The van der Waals surface area contributed by atoms with E-state index < -0.39 is 0 Å². The summed E-state index contributed by atoms with van der Waals surface area (Å²) >= 11 is 0. The number of ether oxygens (including phenoxy) is 1. The molecule has 0 saturated carbocycles. The van der Waals surface area contributed by atoms with Gasteiger partial charge in [-0.15, -0.1) is 0 Å². The maximum atomic E-state index is 5.83. The minimum absolute atomic E-state index is 0.847. The fourth-order valence-electron chi connectivity index (χ4n) is 2.15. The van der Waals surface area contributed by atoms with E-state index in [0.717, 1.165) is 22.4 Å². The molecule has 0 bridgehead atoms. The Morgan fingerprint density at radius 1 is 0.789 bits per heavy atom. The van der Waals surface area contributed by atoms with Crippen LogP contribution in [0, 0.1) is 0 Å². The number of benzene rings is 3. The van der Waals surface area contributed by atoms with E-state index in [1.165, 1.54) is 5.39 Å². The van der Waals surface area contributed by atoms with Crippen LogP contribution in [0.2, 0.25) is 0 Å². The summed E-state index contributed by atoms with van der Waals surface area (Å²) in [5, 5.41) is 2.35. The lowest BCUT2D eigenvalue weighted by Gasteiger charge is -2.08. The second-order valence-electron chi connectivity index (χ2n) is 4.35. The highest BCUT2D eigenvalue weighted by Crippen LogP contribution is 2.27. The Balaban J connectivity index is 2.01. The van der Waals surface area contributed by atoms with Crippen LogP contribution in [0.3, 0.4) is 0 Å². The van der Waals surface area contributed by atoms with Gasteiger partial charge in [0.15, 0.2) is 0 Å². The molecular formula is C18H14O. The molecule has 0 heterocycles. The van der Waals surface area contributed by atoms with Crippen LogP contribution in [0.15, 0.2) is 73.3 Å². The van der Waals surface area contributed by atoms with Gasteiger partial charge in [0.25, 0.3) is 0 Å². The Morgan fingerprint density at radius 3 is 2.42 bits per heavy atom. The zero-order valence-electron chi connectivity index (χ0n) is 10.5. The molecule has 0 spiro atoms. The molecule has 1 nitrogen and oxygen atoms in total. The molecule has 0 aliphatic rings. The Labute approximate surface area is 112 Å². The van der Waals surface area contributed by atoms with Gasteiger partial charge in [0.1, 0.15) is 11.5 Å². The van der Waals surface area contributed by atoms with Crippen molar-refractivity contribution in [3.05, 3.63) is 78.9 Å². The maximum absolute atomic E-state index is 5.83. The lowest BCUT2D eigenvalue weighted by Crippen LogP contribution is -1.84. The van der Waals surface area contributed by atoms with Crippen molar-refractivity contribution in [2.75, 3.05) is 0 Å². The first kappa shape index (κ1) is 11.5. The number of para-hydroxylation sites is 1. The van der Waals surface area contributed by atoms with Gasteiger partial charge in [-0.1, -0.05) is 55.1 Å². The van der Waals surface area contributed by atoms with E-state index in [-0.39, 0.29) is 0 Å². The van der Waals surface area contributed by atoms with Crippen LogP contribution in [-0.2, 0) is 0 Å². The van der Waals surface area contributed by atoms with Crippen LogP contribution in [0.4, 0.5) is 0 Å². The van der Waals surface area contributed by atoms with Crippen molar-refractivity contribution in [1.29, 1.82) is 0 Å². The predicted molar refractivity (Wildman–Crippen MR) is 80.6 cm³/mol. The Morgan fingerprint density at radius 2 is 1.63 bits per heavy atom. The standard InChI is InChI=1S/C18H14O/c1-2-14-7-6-8-15-13-17(11-12-18(14)15)19-16-9-4-3-5-10-16/h2-13H,1H2. The highest BCUT2D eigenvalue weighted by Gasteiger charge is 2.01. The fraction of sp³-hybridized carbons (Fsp3) is 0. The van der Waals surface area contributed by atoms with Crippen molar-refractivity contribution in [1.82, 2.24) is 0 Å². The molecule has 0 aromatic heterocycles. The van der Waals surface area contributed by atoms with Gasteiger partial charge in [-0.2, -0.15) is 0 Å². The molecule has 1 heteroatoms. The predicted octanol–water partition coefficient (Wildman–Crippen LogP) is 5.28. The molecule has 0 aliphatic carbocycles. The van der Waals surface area contributed by atoms with Crippen molar-refractivity contribution >= 4 is 16.8 Å². The summed E-state index contributed by atoms with van der Waals surface area (Å²) in [7, 11) is 0. The van der Waals surface area contributed by atoms with E-state index in [4.69, 9.17) is 4.74 Å². The van der Waals surface area contributed by atoms with E-state index in [9.17, 15) is 0 Å². The molecule has 3 aromatic rings. The van der Waals surface area contributed by atoms with Gasteiger partial charge in [0.2, 0.25) is 0 Å². The van der Waals surface area contributed by atoms with Crippen molar-refractivity contribution < 1.29 is 4.74 Å². The van der Waals surface area contributed by atoms with Crippen LogP contribution in [0.5, 0.6) is 11.5 Å². The van der Waals surface area contributed by atoms with E-state index in [1.54, 1.807) is 0 Å². The second kappa shape index (κ2) is 4.99. The Hall–Kier alpha value is -2.54. The average Bonchev–Trinajstić information content (AvgIpc) is 2.47. The van der Waals surface area contributed by atoms with Gasteiger partial charge in [-0.25, -0.2) is 0 Å². The first-order chi connectivity index (χ1) is 9.36. The van der Waals surface area contributed by atoms with Crippen molar-refractivity contribution in [3.63, 3.8) is 0 Å². The Bertz CT molecular complexity index is 714. The molecule has 3 aromatic carbocycles. The maximum Gasteiger partial charge on any atom is 0.128 e. The van der Waals surface area contributed by atoms with E-state index >= 15 is 0 Å². The zero-order valence-corrected chi connectivity index (χ0v) is 10.5. The topological polar surface area (TPSA) is 9.23 Å². The summed E-state index contributed by atoms with van der Waals surface area (Å²) in [5.41, 5.74) is 1.14. The number of hydrogen-bond acceptors (Lipinski definition) is 1. The largest absolute Gasteiger partial charge is 0.457 e. The van der Waals surface area contributed by atoms with Gasteiger partial charge in [0, 0.05) is 0 Å². The van der Waals surface area contributed by atoms with E-state index in [0.29, 0.717) is 0 Å². The van der Waals surface area contributed by atoms with Gasteiger partial charge in [-0.3, -0.25) is 0 Å². The van der Waals surface area contributed by atoms with Gasteiger partial charge < -0.3 is 4.74 Å². The van der Waals surface area contributed by atoms with Crippen molar-refractivity contribution in [2.45, 2.75) is 0 Å². The molecule has 0 unspecified atom stereocenters. The second-order valence-corrected chi connectivity index (χ2v) is 4.35. The molecule has 92 valence electrons. The summed E-state index contributed by atoms with van der Waals surface area (Å²) < 4.78 is 5.83. The first-order valence-corrected chi connectivity index (χ1v) is 6.25. The Kier molecular flexibility index (Phi) is 3.03. The highest BCUT2D eigenvalue weighted by molar-refractivity contribution is 5.91. The third kappa shape index (κ3) is 2.36. The van der Waals surface area contributed by atoms with Gasteiger partial charge >= 0.3 is 0 Å². The number of fused-ring (bicyclic) bond motifs is 1. The van der Waals surface area contributed by atoms with Crippen LogP contribution >= 0.6 is 0 Å². The van der Waals surface area contributed by atoms with Crippen molar-refractivity contribution in [2.24, 2.45) is 0 Å². The summed E-state index contributed by atoms with van der Waals surface area (Å²) in [5.74, 6) is 1.70. The summed E-state index contributed by atoms with van der Waals surface area (Å²) in [4.78, 5) is 0. The summed E-state index contributed by atoms with van der Waals surface area (Å²) in [6.45, 7) is 3.84. The molecule has 3 rings (SSSR count). The normalized spacial score (nSPS) is 10.3. The molecule has 0 atom stereocenters. The lowest BCUT2D eigenvalue weighted by molar-refractivity contribution is 0.483. The molecule has 0 aliphatic heterocycles. The SMILES string of the molecule is C=Cc1cccc2cc(Oc3ccccc3)ccc12. The summed E-state index contributed by atoms with van der Waals surface area (Å²) in [6.07, 6.45) is 1.88. The van der Waals surface area contributed by atoms with Crippen LogP contribution < -0.4 is 4.74 Å². The molecule has 0 radical (unpaired) electrons. The van der Waals surface area contributed by atoms with E-state index in [1.807, 2.05) is 48.5 Å². The highest BCUT2D eigenvalue weighted by atomic mass is 16.5. The molecule has 0 amide bonds. The minimum atomic E-state index is 0.847. The van der Waals surface area contributed by atoms with Crippen LogP contribution in [0.1, 0.15) is 5.56 Å². The monoisotopic (exact) mass is 246 g/mol. The third-order valence-corrected chi connectivity index (χ3v) is 3.08. The lowest BCUT2D eigenvalue weighted by atomic mass is 10.0. The van der Waals surface area contributed by atoms with Crippen LogP contribution in [-0.4, -0.2) is 0 Å². The third-order valence-electron chi connectivity index (χ3n) is 3.08. The quantitative estimate of drug-likeness (QED) is 0.611. The average molecular weight is 246 g/mol. The summed E-state index contributed by atoms with van der Waals surface area (Å²) in [6, 6.07) is 22.1. The van der Waals surface area contributed by atoms with Crippen LogP contribution in [0.25, 0.3) is 16.8 Å². The molecule has 19 heavy (non-hydrogen) atoms. The van der Waals surface area contributed by atoms with E-state index in [2.05, 4.69) is 30.8 Å². The number of rotatable bonds is 3. The molecular weight excluding hydrogens is 232 g/mol. The van der Waals surface area contributed by atoms with Crippen molar-refractivity contribution in [3.8, 4) is 11.5 Å².